The molecule has 0 bridgehead atoms. The molecular formula is C24H18ClFN2O3S. The molecule has 3 aromatic rings. The average molecular weight is 469 g/mol. The second kappa shape index (κ2) is 9.89. The minimum Gasteiger partial charge on any atom is -0.493 e. The Morgan fingerprint density at radius 1 is 1.09 bits per heavy atom. The summed E-state index contributed by atoms with van der Waals surface area (Å²) in [6, 6.07) is 18.9. The number of amides is 1. The number of thioether (sulfide) groups is 1. The van der Waals surface area contributed by atoms with Crippen molar-refractivity contribution in [3.05, 3.63) is 93.6 Å². The molecule has 0 aliphatic carbocycles. The van der Waals surface area contributed by atoms with E-state index in [1.165, 1.54) is 6.07 Å². The topological polar surface area (TPSA) is 59.9 Å². The van der Waals surface area contributed by atoms with E-state index in [4.69, 9.17) is 21.1 Å². The Hall–Kier alpha value is -3.29. The lowest BCUT2D eigenvalue weighted by atomic mass is 10.2. The Balaban J connectivity index is 1.49. The van der Waals surface area contributed by atoms with Crippen molar-refractivity contribution in [1.29, 1.82) is 0 Å². The van der Waals surface area contributed by atoms with E-state index >= 15 is 0 Å². The minimum absolute atomic E-state index is 0.167. The van der Waals surface area contributed by atoms with Crippen LogP contribution >= 0.6 is 23.4 Å². The lowest BCUT2D eigenvalue weighted by molar-refractivity contribution is -0.115. The predicted molar refractivity (Wildman–Crippen MR) is 126 cm³/mol. The number of amidine groups is 1. The van der Waals surface area contributed by atoms with E-state index < -0.39 is 5.82 Å². The highest BCUT2D eigenvalue weighted by atomic mass is 35.5. The number of ether oxygens (including phenoxy) is 2. The number of methoxy groups -OCH3 is 1. The number of halogens is 2. The number of para-hydroxylation sites is 1. The minimum atomic E-state index is -0.453. The number of nitrogens with one attached hydrogen (secondary N) is 1. The Bertz CT molecular complexity index is 1210. The van der Waals surface area contributed by atoms with E-state index in [0.29, 0.717) is 33.2 Å². The quantitative estimate of drug-likeness (QED) is 0.453. The van der Waals surface area contributed by atoms with Gasteiger partial charge in [0, 0.05) is 5.02 Å². The standard InChI is InChI=1S/C24H18ClFN2O3S/c1-30-21-12-16(8-11-20(21)31-14-15-6-9-17(25)10-7-15)13-22-23(29)28-24(32-22)27-19-5-3-2-4-18(19)26/h2-13H,14H2,1H3,(H,27,28,29)/b22-13-. The highest BCUT2D eigenvalue weighted by Crippen LogP contribution is 2.33. The summed E-state index contributed by atoms with van der Waals surface area (Å²) in [7, 11) is 1.55. The van der Waals surface area contributed by atoms with Crippen molar-refractivity contribution in [3.63, 3.8) is 0 Å². The summed E-state index contributed by atoms with van der Waals surface area (Å²) in [6.07, 6.45) is 1.72. The van der Waals surface area contributed by atoms with Gasteiger partial charge in [-0.1, -0.05) is 41.9 Å². The largest absolute Gasteiger partial charge is 0.493 e. The number of benzene rings is 3. The fourth-order valence-corrected chi connectivity index (χ4v) is 3.88. The SMILES string of the molecule is COc1cc(/C=C2\SC(=Nc3ccccc3F)NC2=O)ccc1OCc1ccc(Cl)cc1. The van der Waals surface area contributed by atoms with Crippen molar-refractivity contribution in [2.45, 2.75) is 6.61 Å². The van der Waals surface area contributed by atoms with E-state index in [2.05, 4.69) is 10.3 Å². The third kappa shape index (κ3) is 5.30. The fraction of sp³-hybridized carbons (Fsp3) is 0.0833. The first-order valence-electron chi connectivity index (χ1n) is 9.61. The molecule has 5 nitrogen and oxygen atoms in total. The zero-order chi connectivity index (χ0) is 22.5. The summed E-state index contributed by atoms with van der Waals surface area (Å²) < 4.78 is 25.1. The maximum absolute atomic E-state index is 13.8. The predicted octanol–water partition coefficient (Wildman–Crippen LogP) is 5.96. The number of hydrogen-bond donors (Lipinski definition) is 1. The summed E-state index contributed by atoms with van der Waals surface area (Å²) in [6.45, 7) is 0.363. The zero-order valence-corrected chi connectivity index (χ0v) is 18.5. The molecule has 4 rings (SSSR count). The zero-order valence-electron chi connectivity index (χ0n) is 17.0. The van der Waals surface area contributed by atoms with Gasteiger partial charge in [0.25, 0.3) is 5.91 Å². The van der Waals surface area contributed by atoms with E-state index in [9.17, 15) is 9.18 Å². The molecule has 0 atom stereocenters. The molecule has 0 unspecified atom stereocenters. The van der Waals surface area contributed by atoms with Gasteiger partial charge in [0.1, 0.15) is 18.1 Å². The van der Waals surface area contributed by atoms with Crippen molar-refractivity contribution in [2.24, 2.45) is 4.99 Å². The molecule has 32 heavy (non-hydrogen) atoms. The lowest BCUT2D eigenvalue weighted by Gasteiger charge is -2.11. The molecule has 1 heterocycles. The van der Waals surface area contributed by atoms with Gasteiger partial charge in [-0.15, -0.1) is 0 Å². The Morgan fingerprint density at radius 3 is 2.62 bits per heavy atom. The van der Waals surface area contributed by atoms with Crippen molar-refractivity contribution in [2.75, 3.05) is 7.11 Å². The summed E-state index contributed by atoms with van der Waals surface area (Å²) in [5.41, 5.74) is 1.90. The molecule has 1 amide bonds. The van der Waals surface area contributed by atoms with Crippen LogP contribution in [-0.2, 0) is 11.4 Å². The van der Waals surface area contributed by atoms with Crippen molar-refractivity contribution in [3.8, 4) is 11.5 Å². The molecule has 0 radical (unpaired) electrons. The second-order valence-corrected chi connectivity index (χ2v) is 8.23. The lowest BCUT2D eigenvalue weighted by Crippen LogP contribution is -2.19. The Kier molecular flexibility index (Phi) is 6.78. The van der Waals surface area contributed by atoms with Gasteiger partial charge in [0.05, 0.1) is 12.0 Å². The Morgan fingerprint density at radius 2 is 1.88 bits per heavy atom. The van der Waals surface area contributed by atoms with E-state index in [1.807, 2.05) is 18.2 Å². The second-order valence-electron chi connectivity index (χ2n) is 6.76. The van der Waals surface area contributed by atoms with Crippen LogP contribution in [0.5, 0.6) is 11.5 Å². The molecule has 1 saturated heterocycles. The molecule has 0 aromatic heterocycles. The van der Waals surface area contributed by atoms with Gasteiger partial charge in [-0.25, -0.2) is 9.38 Å². The summed E-state index contributed by atoms with van der Waals surface area (Å²) in [5.74, 6) is 0.366. The van der Waals surface area contributed by atoms with E-state index in [1.54, 1.807) is 55.7 Å². The summed E-state index contributed by atoms with van der Waals surface area (Å²) >= 11 is 7.05. The molecular weight excluding hydrogens is 451 g/mol. The third-order valence-electron chi connectivity index (χ3n) is 4.52. The van der Waals surface area contributed by atoms with Gasteiger partial charge in [-0.3, -0.25) is 4.79 Å². The number of carbonyl (C=O) groups excluding carboxylic acids is 1. The van der Waals surface area contributed by atoms with Crippen LogP contribution in [0.4, 0.5) is 10.1 Å². The van der Waals surface area contributed by atoms with Crippen LogP contribution in [0.3, 0.4) is 0 Å². The monoisotopic (exact) mass is 468 g/mol. The molecule has 3 aromatic carbocycles. The highest BCUT2D eigenvalue weighted by Gasteiger charge is 2.24. The van der Waals surface area contributed by atoms with Crippen LogP contribution in [0.15, 0.2) is 76.6 Å². The van der Waals surface area contributed by atoms with Gasteiger partial charge in [-0.05, 0) is 65.4 Å². The molecule has 8 heteroatoms. The van der Waals surface area contributed by atoms with Crippen LogP contribution in [0, 0.1) is 5.82 Å². The van der Waals surface area contributed by atoms with E-state index in [-0.39, 0.29) is 11.6 Å². The molecule has 162 valence electrons. The molecule has 0 saturated carbocycles. The Labute approximate surface area is 193 Å². The third-order valence-corrected chi connectivity index (χ3v) is 5.68. The van der Waals surface area contributed by atoms with Gasteiger partial charge in [-0.2, -0.15) is 0 Å². The fourth-order valence-electron chi connectivity index (χ4n) is 2.92. The highest BCUT2D eigenvalue weighted by molar-refractivity contribution is 8.18. The first-order valence-corrected chi connectivity index (χ1v) is 10.8. The van der Waals surface area contributed by atoms with Gasteiger partial charge in [0.15, 0.2) is 16.7 Å². The number of nitrogens with zero attached hydrogens (tertiary/aromatic N) is 1. The van der Waals surface area contributed by atoms with Gasteiger partial charge in [0.2, 0.25) is 0 Å². The van der Waals surface area contributed by atoms with Crippen LogP contribution in [0.2, 0.25) is 5.02 Å². The normalized spacial score (nSPS) is 15.8. The molecule has 0 spiro atoms. The van der Waals surface area contributed by atoms with Crippen molar-refractivity contribution >= 4 is 46.2 Å². The maximum Gasteiger partial charge on any atom is 0.264 e. The van der Waals surface area contributed by atoms with E-state index in [0.717, 1.165) is 22.9 Å². The molecule has 1 aliphatic rings. The average Bonchev–Trinajstić information content (AvgIpc) is 3.14. The summed E-state index contributed by atoms with van der Waals surface area (Å²) in [4.78, 5) is 17.0. The number of rotatable bonds is 6. The van der Waals surface area contributed by atoms with Gasteiger partial charge < -0.3 is 14.8 Å². The number of aliphatic imine (C=N–C) groups is 1. The first-order chi connectivity index (χ1) is 15.5. The van der Waals surface area contributed by atoms with Crippen LogP contribution in [-0.4, -0.2) is 18.2 Å². The maximum atomic E-state index is 13.8. The molecule has 1 N–H and O–H groups in total. The number of hydrogen-bond acceptors (Lipinski definition) is 5. The first kappa shape index (κ1) is 21.9. The van der Waals surface area contributed by atoms with Crippen LogP contribution in [0.1, 0.15) is 11.1 Å². The number of carbonyl (C=O) groups is 1. The van der Waals surface area contributed by atoms with Crippen molar-refractivity contribution < 1.29 is 18.7 Å². The summed E-state index contributed by atoms with van der Waals surface area (Å²) in [5, 5.41) is 3.64. The van der Waals surface area contributed by atoms with Crippen LogP contribution in [0.25, 0.3) is 6.08 Å². The van der Waals surface area contributed by atoms with Crippen LogP contribution < -0.4 is 14.8 Å². The smallest absolute Gasteiger partial charge is 0.264 e. The van der Waals surface area contributed by atoms with Gasteiger partial charge >= 0.3 is 0 Å². The molecule has 1 fully saturated rings. The van der Waals surface area contributed by atoms with Crippen molar-refractivity contribution in [1.82, 2.24) is 5.32 Å². The molecule has 1 aliphatic heterocycles.